The van der Waals surface area contributed by atoms with Crippen LogP contribution in [0.2, 0.25) is 0 Å². The molecule has 0 radical (unpaired) electrons. The fraction of sp³-hybridized carbons (Fsp3) is 0.917. The second-order valence-electron chi connectivity index (χ2n) is 5.20. The monoisotopic (exact) mass is 211 g/mol. The predicted octanol–water partition coefficient (Wildman–Crippen LogP) is 2.15. The number of hydrogen-bond donors (Lipinski definition) is 2. The Balaban J connectivity index is 2.17. The number of carboxylic acids is 1. The molecule has 0 aromatic heterocycles. The van der Waals surface area contributed by atoms with Crippen LogP contribution in [0.5, 0.6) is 0 Å². The van der Waals surface area contributed by atoms with Crippen LogP contribution in [0.15, 0.2) is 0 Å². The normalized spacial score (nSPS) is 24.9. The van der Waals surface area contributed by atoms with Gasteiger partial charge < -0.3 is 10.8 Å². The van der Waals surface area contributed by atoms with Gasteiger partial charge in [0.2, 0.25) is 0 Å². The summed E-state index contributed by atoms with van der Waals surface area (Å²) in [5, 5.41) is 9.43. The Hall–Kier alpha value is -0.570. The Morgan fingerprint density at radius 2 is 1.33 bits per heavy atom. The summed E-state index contributed by atoms with van der Waals surface area (Å²) in [5.74, 6) is -0.322. The first-order valence-electron chi connectivity index (χ1n) is 6.18. The number of carbonyl (C=O) groups is 1. The Bertz CT molecular complexity index is 224. The molecule has 2 rings (SSSR count). The van der Waals surface area contributed by atoms with Crippen LogP contribution in [-0.2, 0) is 4.79 Å². The van der Waals surface area contributed by atoms with E-state index in [1.165, 1.54) is 0 Å². The van der Waals surface area contributed by atoms with Crippen molar-refractivity contribution < 1.29 is 9.90 Å². The second-order valence-corrected chi connectivity index (χ2v) is 5.20. The summed E-state index contributed by atoms with van der Waals surface area (Å²) < 4.78 is 0. The first kappa shape index (κ1) is 10.9. The molecule has 0 bridgehead atoms. The van der Waals surface area contributed by atoms with E-state index in [4.69, 9.17) is 5.73 Å². The molecular weight excluding hydrogens is 190 g/mol. The maximum Gasteiger partial charge on any atom is 0.324 e. The van der Waals surface area contributed by atoms with Crippen LogP contribution in [0, 0.1) is 11.8 Å². The van der Waals surface area contributed by atoms with E-state index in [2.05, 4.69) is 0 Å². The lowest BCUT2D eigenvalue weighted by molar-refractivity contribution is -0.148. The van der Waals surface area contributed by atoms with Gasteiger partial charge in [0, 0.05) is 0 Å². The number of carboxylic acid groups (broad SMARTS) is 1. The molecule has 15 heavy (non-hydrogen) atoms. The lowest BCUT2D eigenvalue weighted by Gasteiger charge is -2.36. The first-order chi connectivity index (χ1) is 7.15. The average molecular weight is 211 g/mol. The molecule has 0 spiro atoms. The van der Waals surface area contributed by atoms with Gasteiger partial charge in [-0.3, -0.25) is 4.79 Å². The summed E-state index contributed by atoms with van der Waals surface area (Å²) in [4.78, 5) is 11.5. The quantitative estimate of drug-likeness (QED) is 0.751. The standard InChI is InChI=1S/C12H21NO2/c13-12(11(14)15,9-5-1-2-6-9)10-7-3-4-8-10/h9-10H,1-8,13H2,(H,14,15). The molecule has 2 saturated carbocycles. The van der Waals surface area contributed by atoms with Gasteiger partial charge in [-0.25, -0.2) is 0 Å². The maximum atomic E-state index is 11.5. The Kier molecular flexibility index (Phi) is 3.01. The SMILES string of the molecule is NC(C(=O)O)(C1CCCC1)C1CCCC1. The highest BCUT2D eigenvalue weighted by molar-refractivity contribution is 5.79. The summed E-state index contributed by atoms with van der Waals surface area (Å²) in [6.07, 6.45) is 8.68. The highest BCUT2D eigenvalue weighted by Crippen LogP contribution is 2.43. The Labute approximate surface area is 91.0 Å². The molecule has 0 aromatic rings. The molecule has 0 aliphatic heterocycles. The van der Waals surface area contributed by atoms with E-state index in [-0.39, 0.29) is 11.8 Å². The second kappa shape index (κ2) is 4.12. The van der Waals surface area contributed by atoms with Gasteiger partial charge in [-0.1, -0.05) is 25.7 Å². The van der Waals surface area contributed by atoms with E-state index >= 15 is 0 Å². The van der Waals surface area contributed by atoms with Crippen molar-refractivity contribution in [3.05, 3.63) is 0 Å². The largest absolute Gasteiger partial charge is 0.480 e. The molecule has 3 N–H and O–H groups in total. The minimum absolute atomic E-state index is 0.220. The van der Waals surface area contributed by atoms with E-state index in [0.717, 1.165) is 51.4 Å². The Morgan fingerprint density at radius 3 is 1.60 bits per heavy atom. The van der Waals surface area contributed by atoms with Crippen molar-refractivity contribution in [3.8, 4) is 0 Å². The average Bonchev–Trinajstić information content (AvgIpc) is 2.89. The summed E-state index contributed by atoms with van der Waals surface area (Å²) in [6.45, 7) is 0. The van der Waals surface area contributed by atoms with E-state index in [9.17, 15) is 9.90 Å². The van der Waals surface area contributed by atoms with Crippen molar-refractivity contribution in [3.63, 3.8) is 0 Å². The van der Waals surface area contributed by atoms with E-state index in [1.54, 1.807) is 0 Å². The van der Waals surface area contributed by atoms with Gasteiger partial charge in [0.25, 0.3) is 0 Å². The van der Waals surface area contributed by atoms with Gasteiger partial charge in [-0.05, 0) is 37.5 Å². The van der Waals surface area contributed by atoms with Crippen molar-refractivity contribution in [2.24, 2.45) is 17.6 Å². The summed E-state index contributed by atoms with van der Waals surface area (Å²) in [6, 6.07) is 0. The summed E-state index contributed by atoms with van der Waals surface area (Å²) in [7, 11) is 0. The third-order valence-electron chi connectivity index (χ3n) is 4.43. The van der Waals surface area contributed by atoms with E-state index < -0.39 is 11.5 Å². The smallest absolute Gasteiger partial charge is 0.324 e. The minimum atomic E-state index is -0.924. The third kappa shape index (κ3) is 1.78. The molecule has 0 amide bonds. The van der Waals surface area contributed by atoms with Crippen molar-refractivity contribution in [1.82, 2.24) is 0 Å². The topological polar surface area (TPSA) is 63.3 Å². The third-order valence-corrected chi connectivity index (χ3v) is 4.43. The van der Waals surface area contributed by atoms with Gasteiger partial charge in [0.15, 0.2) is 0 Å². The number of hydrogen-bond acceptors (Lipinski definition) is 2. The van der Waals surface area contributed by atoms with Gasteiger partial charge in [0.05, 0.1) is 0 Å². The highest BCUT2D eigenvalue weighted by atomic mass is 16.4. The Morgan fingerprint density at radius 1 is 1.00 bits per heavy atom. The number of aliphatic carboxylic acids is 1. The minimum Gasteiger partial charge on any atom is -0.480 e. The molecule has 0 unspecified atom stereocenters. The van der Waals surface area contributed by atoms with Crippen LogP contribution < -0.4 is 5.73 Å². The van der Waals surface area contributed by atoms with Crippen molar-refractivity contribution in [2.45, 2.75) is 56.9 Å². The lowest BCUT2D eigenvalue weighted by Crippen LogP contribution is -2.58. The lowest BCUT2D eigenvalue weighted by atomic mass is 9.73. The molecule has 2 aliphatic carbocycles. The molecule has 0 aromatic carbocycles. The fourth-order valence-corrected chi connectivity index (χ4v) is 3.49. The molecule has 3 nitrogen and oxygen atoms in total. The van der Waals surface area contributed by atoms with Gasteiger partial charge in [-0.15, -0.1) is 0 Å². The molecule has 2 fully saturated rings. The number of nitrogens with two attached hydrogens (primary N) is 1. The highest BCUT2D eigenvalue weighted by Gasteiger charge is 2.49. The molecule has 3 heteroatoms. The van der Waals surface area contributed by atoms with Crippen LogP contribution >= 0.6 is 0 Å². The molecule has 0 atom stereocenters. The van der Waals surface area contributed by atoms with Crippen molar-refractivity contribution in [1.29, 1.82) is 0 Å². The van der Waals surface area contributed by atoms with Crippen LogP contribution in [0.25, 0.3) is 0 Å². The van der Waals surface area contributed by atoms with Crippen LogP contribution in [0.4, 0.5) is 0 Å². The molecule has 0 saturated heterocycles. The van der Waals surface area contributed by atoms with Crippen LogP contribution in [-0.4, -0.2) is 16.6 Å². The summed E-state index contributed by atoms with van der Waals surface area (Å²) >= 11 is 0. The zero-order valence-corrected chi connectivity index (χ0v) is 9.24. The first-order valence-corrected chi connectivity index (χ1v) is 6.18. The van der Waals surface area contributed by atoms with Crippen molar-refractivity contribution in [2.75, 3.05) is 0 Å². The van der Waals surface area contributed by atoms with Gasteiger partial charge >= 0.3 is 5.97 Å². The van der Waals surface area contributed by atoms with Crippen LogP contribution in [0.1, 0.15) is 51.4 Å². The van der Waals surface area contributed by atoms with Crippen LogP contribution in [0.3, 0.4) is 0 Å². The zero-order chi connectivity index (χ0) is 10.9. The summed E-state index contributed by atoms with van der Waals surface area (Å²) in [5.41, 5.74) is 5.33. The zero-order valence-electron chi connectivity index (χ0n) is 9.24. The fourth-order valence-electron chi connectivity index (χ4n) is 3.49. The van der Waals surface area contributed by atoms with Gasteiger partial charge in [0.1, 0.15) is 5.54 Å². The molecule has 86 valence electrons. The van der Waals surface area contributed by atoms with E-state index in [1.807, 2.05) is 0 Å². The molecule has 0 heterocycles. The molecular formula is C12H21NO2. The maximum absolute atomic E-state index is 11.5. The predicted molar refractivity (Wildman–Crippen MR) is 58.5 cm³/mol. The van der Waals surface area contributed by atoms with Gasteiger partial charge in [-0.2, -0.15) is 0 Å². The van der Waals surface area contributed by atoms with E-state index in [0.29, 0.717) is 0 Å². The number of rotatable bonds is 3. The molecule has 2 aliphatic rings. The van der Waals surface area contributed by atoms with Crippen molar-refractivity contribution >= 4 is 5.97 Å².